The zero-order valence-electron chi connectivity index (χ0n) is 17.6. The fraction of sp³-hybridized carbons (Fsp3) is 0.333. The Morgan fingerprint density at radius 2 is 1.94 bits per heavy atom. The summed E-state index contributed by atoms with van der Waals surface area (Å²) < 4.78 is 23.0. The fourth-order valence-corrected chi connectivity index (χ4v) is 4.28. The van der Waals surface area contributed by atoms with Crippen LogP contribution in [-0.4, -0.2) is 28.4 Å². The van der Waals surface area contributed by atoms with Gasteiger partial charge in [0.1, 0.15) is 18.1 Å². The minimum atomic E-state index is -0.746. The molecule has 10 heteroatoms. The van der Waals surface area contributed by atoms with Gasteiger partial charge in [-0.1, -0.05) is 13.8 Å². The molecule has 4 aromatic rings. The van der Waals surface area contributed by atoms with Crippen LogP contribution in [0.2, 0.25) is 0 Å². The largest absolute Gasteiger partial charge is 0.388 e. The third-order valence-corrected chi connectivity index (χ3v) is 6.04. The smallest absolute Gasteiger partial charge is 0.350 e. The quantitative estimate of drug-likeness (QED) is 0.512. The maximum absolute atomic E-state index is 15.2. The van der Waals surface area contributed by atoms with E-state index in [4.69, 9.17) is 0 Å². The predicted octanol–water partition coefficient (Wildman–Crippen LogP) is 2.88. The van der Waals surface area contributed by atoms with Gasteiger partial charge in [0.2, 0.25) is 0 Å². The topological polar surface area (TPSA) is 94.9 Å². The van der Waals surface area contributed by atoms with E-state index >= 15 is 4.39 Å². The van der Waals surface area contributed by atoms with Crippen molar-refractivity contribution >= 4 is 22.3 Å². The van der Waals surface area contributed by atoms with Gasteiger partial charge in [-0.2, -0.15) is 9.06 Å². The number of rotatable bonds is 5. The Hall–Kier alpha value is -3.11. The molecule has 8 nitrogen and oxygen atoms in total. The number of aliphatic hydroxyl groups is 1. The van der Waals surface area contributed by atoms with Crippen LogP contribution in [-0.2, 0) is 13.2 Å². The normalized spacial score (nSPS) is 11.7. The molecule has 0 unspecified atom stereocenters. The molecule has 31 heavy (non-hydrogen) atoms. The fourth-order valence-electron chi connectivity index (χ4n) is 3.73. The summed E-state index contributed by atoms with van der Waals surface area (Å²) in [6, 6.07) is 2.64. The third-order valence-electron chi connectivity index (χ3n) is 5.35. The van der Waals surface area contributed by atoms with E-state index in [9.17, 15) is 14.7 Å². The van der Waals surface area contributed by atoms with Crippen LogP contribution in [0.1, 0.15) is 43.0 Å². The van der Waals surface area contributed by atoms with Gasteiger partial charge in [0.15, 0.2) is 5.82 Å². The van der Waals surface area contributed by atoms with Gasteiger partial charge in [0.25, 0.3) is 5.56 Å². The molecule has 4 rings (SSSR count). The Morgan fingerprint density at radius 1 is 1.19 bits per heavy atom. The highest BCUT2D eigenvalue weighted by Crippen LogP contribution is 2.28. The molecule has 0 radical (unpaired) electrons. The van der Waals surface area contributed by atoms with Crippen molar-refractivity contribution in [1.82, 2.24) is 23.3 Å². The van der Waals surface area contributed by atoms with Crippen molar-refractivity contribution in [2.75, 3.05) is 0 Å². The number of nitrogens with zero attached hydrogens (tertiary/aromatic N) is 5. The average Bonchev–Trinajstić information content (AvgIpc) is 3.30. The number of aromatic nitrogens is 5. The molecular weight excluding hydrogens is 421 g/mol. The first kappa shape index (κ1) is 21.1. The van der Waals surface area contributed by atoms with Crippen LogP contribution >= 0.6 is 11.5 Å². The van der Waals surface area contributed by atoms with Gasteiger partial charge in [-0.05, 0) is 54.4 Å². The summed E-state index contributed by atoms with van der Waals surface area (Å²) in [4.78, 5) is 26.8. The zero-order chi connectivity index (χ0) is 22.4. The molecule has 162 valence electrons. The molecule has 3 aromatic heterocycles. The Bertz CT molecular complexity index is 1410. The second-order valence-electron chi connectivity index (χ2n) is 7.54. The second-order valence-corrected chi connectivity index (χ2v) is 8.55. The number of hydrogen-bond acceptors (Lipinski definition) is 6. The summed E-state index contributed by atoms with van der Waals surface area (Å²) in [6.07, 6.45) is 3.37. The minimum absolute atomic E-state index is 0.0255. The lowest BCUT2D eigenvalue weighted by Crippen LogP contribution is -2.25. The lowest BCUT2D eigenvalue weighted by molar-refractivity contribution is 0.264. The SMILES string of the molecule is CCn1c(CO)nn(-c2cc3c(C(C)C)cn(-c4cnsc4C)c(=O)c3cc2F)c1=O. The molecule has 0 bridgehead atoms. The van der Waals surface area contributed by atoms with Crippen molar-refractivity contribution in [3.05, 3.63) is 67.4 Å². The number of aliphatic hydroxyl groups excluding tert-OH is 1. The van der Waals surface area contributed by atoms with E-state index in [1.165, 1.54) is 26.7 Å². The van der Waals surface area contributed by atoms with Gasteiger partial charge < -0.3 is 5.11 Å². The number of aryl methyl sites for hydroxylation is 1. The molecule has 0 atom stereocenters. The van der Waals surface area contributed by atoms with Gasteiger partial charge in [-0.25, -0.2) is 9.18 Å². The summed E-state index contributed by atoms with van der Waals surface area (Å²) in [5.74, 6) is -0.575. The highest BCUT2D eigenvalue weighted by molar-refractivity contribution is 7.06. The molecule has 0 aliphatic heterocycles. The number of fused-ring (bicyclic) bond motifs is 1. The lowest BCUT2D eigenvalue weighted by Gasteiger charge is -2.15. The first-order valence-electron chi connectivity index (χ1n) is 9.88. The van der Waals surface area contributed by atoms with Crippen LogP contribution in [0, 0.1) is 12.7 Å². The van der Waals surface area contributed by atoms with Crippen LogP contribution < -0.4 is 11.2 Å². The van der Waals surface area contributed by atoms with Crippen molar-refractivity contribution in [2.24, 2.45) is 0 Å². The number of halogens is 1. The monoisotopic (exact) mass is 443 g/mol. The molecule has 0 spiro atoms. The molecule has 0 fully saturated rings. The van der Waals surface area contributed by atoms with E-state index in [0.29, 0.717) is 17.6 Å². The molecule has 1 N–H and O–H groups in total. The van der Waals surface area contributed by atoms with Crippen molar-refractivity contribution in [1.29, 1.82) is 0 Å². The molecule has 1 aromatic carbocycles. The summed E-state index contributed by atoms with van der Waals surface area (Å²) in [7, 11) is 0. The number of pyridine rings is 1. The van der Waals surface area contributed by atoms with Gasteiger partial charge >= 0.3 is 5.69 Å². The lowest BCUT2D eigenvalue weighted by atomic mass is 9.97. The first-order chi connectivity index (χ1) is 14.8. The molecule has 0 saturated heterocycles. The highest BCUT2D eigenvalue weighted by Gasteiger charge is 2.21. The van der Waals surface area contributed by atoms with E-state index < -0.39 is 18.1 Å². The van der Waals surface area contributed by atoms with Crippen molar-refractivity contribution in [3.63, 3.8) is 0 Å². The van der Waals surface area contributed by atoms with E-state index in [1.54, 1.807) is 19.3 Å². The van der Waals surface area contributed by atoms with Gasteiger partial charge in [0, 0.05) is 17.6 Å². The van der Waals surface area contributed by atoms with Crippen molar-refractivity contribution in [2.45, 2.75) is 46.8 Å². The molecule has 3 heterocycles. The molecule has 0 aliphatic rings. The Balaban J connectivity index is 2.06. The summed E-state index contributed by atoms with van der Waals surface area (Å²) in [5.41, 5.74) is 0.507. The minimum Gasteiger partial charge on any atom is -0.388 e. The van der Waals surface area contributed by atoms with Crippen LogP contribution in [0.3, 0.4) is 0 Å². The van der Waals surface area contributed by atoms with Gasteiger partial charge in [-0.15, -0.1) is 5.10 Å². The Kier molecular flexibility index (Phi) is 5.36. The van der Waals surface area contributed by atoms with E-state index in [-0.39, 0.29) is 28.4 Å². The van der Waals surface area contributed by atoms with Crippen molar-refractivity contribution in [3.8, 4) is 11.4 Å². The number of benzene rings is 1. The average molecular weight is 444 g/mol. The van der Waals surface area contributed by atoms with Crippen LogP contribution in [0.25, 0.3) is 22.1 Å². The highest BCUT2D eigenvalue weighted by atomic mass is 32.1. The summed E-state index contributed by atoms with van der Waals surface area (Å²) >= 11 is 1.29. The summed E-state index contributed by atoms with van der Waals surface area (Å²) in [5, 5.41) is 14.3. The molecule has 0 aliphatic carbocycles. The van der Waals surface area contributed by atoms with E-state index in [2.05, 4.69) is 9.47 Å². The number of hydrogen-bond donors (Lipinski definition) is 1. The van der Waals surface area contributed by atoms with E-state index in [1.807, 2.05) is 20.8 Å². The second kappa shape index (κ2) is 7.86. The Morgan fingerprint density at radius 3 is 2.48 bits per heavy atom. The molecule has 0 amide bonds. The first-order valence-corrected chi connectivity index (χ1v) is 10.7. The van der Waals surface area contributed by atoms with E-state index in [0.717, 1.165) is 21.2 Å². The van der Waals surface area contributed by atoms with Gasteiger partial charge in [0.05, 0.1) is 17.3 Å². The van der Waals surface area contributed by atoms with Crippen LogP contribution in [0.4, 0.5) is 4.39 Å². The molecule has 0 saturated carbocycles. The standard InChI is InChI=1S/C21H22FN5O3S/c1-5-25-19(10-28)24-27(21(25)30)17-7-13-14(6-16(17)22)20(29)26(9-15(13)11(2)3)18-8-23-31-12(18)4/h6-9,11,28H,5,10H2,1-4H3. The van der Waals surface area contributed by atoms with Gasteiger partial charge in [-0.3, -0.25) is 13.9 Å². The third kappa shape index (κ3) is 3.31. The Labute approximate surface area is 181 Å². The van der Waals surface area contributed by atoms with Crippen molar-refractivity contribution < 1.29 is 9.50 Å². The maximum atomic E-state index is 15.2. The maximum Gasteiger partial charge on any atom is 0.350 e. The summed E-state index contributed by atoms with van der Waals surface area (Å²) in [6.45, 7) is 7.42. The van der Waals surface area contributed by atoms with Crippen LogP contribution in [0.5, 0.6) is 0 Å². The van der Waals surface area contributed by atoms with Crippen LogP contribution in [0.15, 0.2) is 34.1 Å². The zero-order valence-corrected chi connectivity index (χ0v) is 18.4. The predicted molar refractivity (Wildman–Crippen MR) is 117 cm³/mol. The molecular formula is C21H22FN5O3S.